The number of methoxy groups -OCH3 is 1. The van der Waals surface area contributed by atoms with Crippen LogP contribution >= 0.6 is 0 Å². The van der Waals surface area contributed by atoms with Crippen LogP contribution in [0.3, 0.4) is 0 Å². The average Bonchev–Trinajstić information content (AvgIpc) is 2.35. The Morgan fingerprint density at radius 2 is 1.89 bits per heavy atom. The molecule has 0 aliphatic rings. The van der Waals surface area contributed by atoms with Crippen LogP contribution in [0.15, 0.2) is 18.2 Å². The molecule has 1 unspecified atom stereocenters. The van der Waals surface area contributed by atoms with Gasteiger partial charge in [0.15, 0.2) is 0 Å². The molecule has 0 saturated carbocycles. The van der Waals surface area contributed by atoms with Crippen LogP contribution in [0.25, 0.3) is 0 Å². The molecule has 0 aliphatic heterocycles. The molecule has 3 nitrogen and oxygen atoms in total. The van der Waals surface area contributed by atoms with E-state index in [1.54, 1.807) is 0 Å². The Bertz CT molecular complexity index is 415. The van der Waals surface area contributed by atoms with Crippen LogP contribution in [0, 0.1) is 17.6 Å². The van der Waals surface area contributed by atoms with Gasteiger partial charge >= 0.3 is 5.97 Å². The van der Waals surface area contributed by atoms with Crippen molar-refractivity contribution in [3.8, 4) is 0 Å². The minimum atomic E-state index is -0.624. The fourth-order valence-corrected chi connectivity index (χ4v) is 1.80. The Morgan fingerprint density at radius 3 is 2.37 bits per heavy atom. The third kappa shape index (κ3) is 4.59. The first-order valence-electron chi connectivity index (χ1n) is 6.19. The highest BCUT2D eigenvalue weighted by Gasteiger charge is 2.21. The number of hydrogen-bond donors (Lipinski definition) is 1. The van der Waals surface area contributed by atoms with E-state index in [0.717, 1.165) is 0 Å². The highest BCUT2D eigenvalue weighted by molar-refractivity contribution is 5.75. The molecule has 106 valence electrons. The number of esters is 1. The number of carbonyl (C=O) groups is 1. The molecular weight excluding hydrogens is 252 g/mol. The second-order valence-corrected chi connectivity index (χ2v) is 4.79. The first-order chi connectivity index (χ1) is 8.95. The first kappa shape index (κ1) is 15.6. The molecule has 1 atom stereocenters. The van der Waals surface area contributed by atoms with Gasteiger partial charge in [-0.05, 0) is 24.5 Å². The molecule has 0 bridgehead atoms. The van der Waals surface area contributed by atoms with Crippen molar-refractivity contribution in [2.75, 3.05) is 7.11 Å². The van der Waals surface area contributed by atoms with Gasteiger partial charge in [0.05, 0.1) is 7.11 Å². The van der Waals surface area contributed by atoms with Gasteiger partial charge in [0.2, 0.25) is 0 Å². The molecule has 0 radical (unpaired) electrons. The third-order valence-corrected chi connectivity index (χ3v) is 2.78. The number of carbonyl (C=O) groups excluding carboxylic acids is 1. The molecule has 5 heteroatoms. The summed E-state index contributed by atoms with van der Waals surface area (Å²) in [5.41, 5.74) is -0.0693. The molecule has 1 rings (SSSR count). The minimum absolute atomic E-state index is 0.0506. The molecule has 0 spiro atoms. The van der Waals surface area contributed by atoms with Gasteiger partial charge in [0.25, 0.3) is 0 Å². The van der Waals surface area contributed by atoms with E-state index in [2.05, 4.69) is 10.1 Å². The largest absolute Gasteiger partial charge is 0.468 e. The van der Waals surface area contributed by atoms with Crippen LogP contribution in [-0.4, -0.2) is 19.1 Å². The lowest BCUT2D eigenvalue weighted by Crippen LogP contribution is -2.38. The smallest absolute Gasteiger partial charge is 0.322 e. The zero-order valence-corrected chi connectivity index (χ0v) is 11.4. The summed E-state index contributed by atoms with van der Waals surface area (Å²) in [4.78, 5) is 11.6. The molecule has 1 aromatic rings. The highest BCUT2D eigenvalue weighted by Crippen LogP contribution is 2.13. The second kappa shape index (κ2) is 7.19. The lowest BCUT2D eigenvalue weighted by Gasteiger charge is -2.18. The van der Waals surface area contributed by atoms with E-state index in [9.17, 15) is 13.6 Å². The zero-order valence-electron chi connectivity index (χ0n) is 11.4. The molecule has 0 aliphatic carbocycles. The van der Waals surface area contributed by atoms with E-state index < -0.39 is 23.6 Å². The maximum atomic E-state index is 13.5. The molecule has 0 aromatic heterocycles. The van der Waals surface area contributed by atoms with Crippen LogP contribution in [0.2, 0.25) is 0 Å². The number of nitrogens with one attached hydrogen (secondary N) is 1. The number of hydrogen-bond acceptors (Lipinski definition) is 3. The van der Waals surface area contributed by atoms with Crippen LogP contribution in [-0.2, 0) is 16.1 Å². The van der Waals surface area contributed by atoms with Gasteiger partial charge in [-0.3, -0.25) is 4.79 Å². The van der Waals surface area contributed by atoms with Crippen molar-refractivity contribution >= 4 is 5.97 Å². The summed E-state index contributed by atoms with van der Waals surface area (Å²) in [7, 11) is 1.29. The van der Waals surface area contributed by atoms with E-state index in [4.69, 9.17) is 0 Å². The summed E-state index contributed by atoms with van der Waals surface area (Å²) in [6, 6.07) is 3.12. The number of rotatable bonds is 6. The van der Waals surface area contributed by atoms with Crippen LogP contribution < -0.4 is 5.32 Å². The Morgan fingerprint density at radius 1 is 1.32 bits per heavy atom. The van der Waals surface area contributed by atoms with Gasteiger partial charge in [-0.2, -0.15) is 0 Å². The molecular formula is C14H19F2NO2. The molecule has 0 heterocycles. The van der Waals surface area contributed by atoms with Gasteiger partial charge in [-0.15, -0.1) is 0 Å². The fourth-order valence-electron chi connectivity index (χ4n) is 1.80. The normalized spacial score (nSPS) is 12.5. The molecule has 0 saturated heterocycles. The predicted octanol–water partition coefficient (Wildman–Crippen LogP) is 2.64. The first-order valence-corrected chi connectivity index (χ1v) is 6.19. The van der Waals surface area contributed by atoms with E-state index in [1.165, 1.54) is 25.3 Å². The van der Waals surface area contributed by atoms with Gasteiger partial charge in [-0.25, -0.2) is 8.78 Å². The van der Waals surface area contributed by atoms with Crippen molar-refractivity contribution in [3.05, 3.63) is 35.4 Å². The fraction of sp³-hybridized carbons (Fsp3) is 0.500. The molecule has 0 amide bonds. The summed E-state index contributed by atoms with van der Waals surface area (Å²) >= 11 is 0. The molecule has 19 heavy (non-hydrogen) atoms. The lowest BCUT2D eigenvalue weighted by atomic mass is 10.0. The van der Waals surface area contributed by atoms with E-state index in [-0.39, 0.29) is 18.0 Å². The SMILES string of the molecule is COC(=O)C(CC(C)C)NCc1c(F)cccc1F. The topological polar surface area (TPSA) is 38.3 Å². The van der Waals surface area contributed by atoms with Crippen LogP contribution in [0.5, 0.6) is 0 Å². The van der Waals surface area contributed by atoms with Crippen molar-refractivity contribution in [3.63, 3.8) is 0 Å². The maximum Gasteiger partial charge on any atom is 0.322 e. The van der Waals surface area contributed by atoms with Crippen LogP contribution in [0.4, 0.5) is 8.78 Å². The van der Waals surface area contributed by atoms with E-state index >= 15 is 0 Å². The van der Waals surface area contributed by atoms with Crippen molar-refractivity contribution in [1.82, 2.24) is 5.32 Å². The van der Waals surface area contributed by atoms with Crippen molar-refractivity contribution in [1.29, 1.82) is 0 Å². The van der Waals surface area contributed by atoms with E-state index in [0.29, 0.717) is 6.42 Å². The maximum absolute atomic E-state index is 13.5. The summed E-state index contributed by atoms with van der Waals surface area (Å²) in [6.07, 6.45) is 0.544. The average molecular weight is 271 g/mol. The summed E-state index contributed by atoms with van der Waals surface area (Å²) in [5.74, 6) is -1.41. The van der Waals surface area contributed by atoms with E-state index in [1.807, 2.05) is 13.8 Å². The quantitative estimate of drug-likeness (QED) is 0.808. The minimum Gasteiger partial charge on any atom is -0.468 e. The number of halogens is 2. The molecule has 1 aromatic carbocycles. The predicted molar refractivity (Wildman–Crippen MR) is 68.5 cm³/mol. The number of ether oxygens (including phenoxy) is 1. The van der Waals surface area contributed by atoms with Crippen molar-refractivity contribution in [2.45, 2.75) is 32.9 Å². The molecule has 1 N–H and O–H groups in total. The zero-order chi connectivity index (χ0) is 14.4. The number of benzene rings is 1. The Kier molecular flexibility index (Phi) is 5.89. The van der Waals surface area contributed by atoms with Gasteiger partial charge in [-0.1, -0.05) is 19.9 Å². The van der Waals surface area contributed by atoms with Crippen molar-refractivity contribution < 1.29 is 18.3 Å². The second-order valence-electron chi connectivity index (χ2n) is 4.79. The Hall–Kier alpha value is -1.49. The summed E-state index contributed by atoms with van der Waals surface area (Å²) in [5, 5.41) is 2.85. The monoisotopic (exact) mass is 271 g/mol. The Balaban J connectivity index is 2.73. The Labute approximate surface area is 112 Å². The van der Waals surface area contributed by atoms with Gasteiger partial charge in [0, 0.05) is 12.1 Å². The summed E-state index contributed by atoms with van der Waals surface area (Å²) < 4.78 is 31.6. The lowest BCUT2D eigenvalue weighted by molar-refractivity contribution is -0.143. The van der Waals surface area contributed by atoms with Crippen molar-refractivity contribution in [2.24, 2.45) is 5.92 Å². The third-order valence-electron chi connectivity index (χ3n) is 2.78. The summed E-state index contributed by atoms with van der Waals surface area (Å²) in [6.45, 7) is 3.87. The van der Waals surface area contributed by atoms with Crippen LogP contribution in [0.1, 0.15) is 25.8 Å². The highest BCUT2D eigenvalue weighted by atomic mass is 19.1. The van der Waals surface area contributed by atoms with Gasteiger partial charge < -0.3 is 10.1 Å². The van der Waals surface area contributed by atoms with Gasteiger partial charge in [0.1, 0.15) is 17.7 Å². The molecule has 0 fully saturated rings. The standard InChI is InChI=1S/C14H19F2NO2/c1-9(2)7-13(14(18)19-3)17-8-10-11(15)5-4-6-12(10)16/h4-6,9,13,17H,7-8H2,1-3H3.